The Morgan fingerprint density at radius 3 is 3.14 bits per heavy atom. The molecule has 0 aromatic heterocycles. The van der Waals surface area contributed by atoms with Crippen molar-refractivity contribution < 1.29 is 9.47 Å². The molecule has 0 saturated heterocycles. The average Bonchev–Trinajstić information content (AvgIpc) is 2.14. The summed E-state index contributed by atoms with van der Waals surface area (Å²) in [5.74, 6) is 0. The van der Waals surface area contributed by atoms with Crippen LogP contribution in [0, 0.1) is 6.54 Å². The summed E-state index contributed by atoms with van der Waals surface area (Å²) in [4.78, 5) is 3.51. The molecule has 38 valence electrons. The van der Waals surface area contributed by atoms with Gasteiger partial charge >= 0.3 is 0 Å². The number of hydrogen-bond donors (Lipinski definition) is 0. The zero-order valence-corrected chi connectivity index (χ0v) is 3.92. The van der Waals surface area contributed by atoms with E-state index in [-0.39, 0.29) is 6.29 Å². The van der Waals surface area contributed by atoms with Crippen LogP contribution in [0.1, 0.15) is 0 Å². The Labute approximate surface area is 42.0 Å². The maximum absolute atomic E-state index is 4.68. The number of ether oxygens (including phenoxy) is 2. The fraction of sp³-hybridized carbons (Fsp3) is 0.500. The Balaban J connectivity index is 2.22. The van der Waals surface area contributed by atoms with Gasteiger partial charge in [-0.15, -0.1) is 0 Å². The van der Waals surface area contributed by atoms with Crippen molar-refractivity contribution in [2.45, 2.75) is 6.29 Å². The third kappa shape index (κ3) is 0.899. The van der Waals surface area contributed by atoms with Gasteiger partial charge < -0.3 is 9.47 Å². The monoisotopic (exact) mass is 99.0 g/mol. The topological polar surface area (TPSA) is 30.8 Å². The van der Waals surface area contributed by atoms with Crippen molar-refractivity contribution in [3.05, 3.63) is 6.54 Å². The van der Waals surface area contributed by atoms with Gasteiger partial charge in [-0.3, -0.25) is 0 Å². The first-order chi connectivity index (χ1) is 3.43. The first kappa shape index (κ1) is 4.59. The minimum absolute atomic E-state index is 0.375. The van der Waals surface area contributed by atoms with E-state index in [9.17, 15) is 0 Å². The molecule has 1 heterocycles. The van der Waals surface area contributed by atoms with E-state index in [1.165, 1.54) is 13.5 Å². The molecular weight excluding hydrogens is 94.0 g/mol. The summed E-state index contributed by atoms with van der Waals surface area (Å²) in [5, 5.41) is 0. The molecule has 0 amide bonds. The summed E-state index contributed by atoms with van der Waals surface area (Å²) in [6.07, 6.45) is 0.925. The van der Waals surface area contributed by atoms with Crippen LogP contribution in [0.25, 0.3) is 0 Å². The van der Waals surface area contributed by atoms with Gasteiger partial charge in [0.05, 0.1) is 0 Å². The van der Waals surface area contributed by atoms with Crippen molar-refractivity contribution >= 4 is 6.40 Å². The van der Waals surface area contributed by atoms with Gasteiger partial charge in [0.1, 0.15) is 0 Å². The van der Waals surface area contributed by atoms with Crippen molar-refractivity contribution in [3.63, 3.8) is 0 Å². The molecule has 0 aromatic rings. The van der Waals surface area contributed by atoms with Crippen LogP contribution in [0.2, 0.25) is 0 Å². The van der Waals surface area contributed by atoms with E-state index in [2.05, 4.69) is 21.0 Å². The van der Waals surface area contributed by atoms with Crippen molar-refractivity contribution in [3.8, 4) is 0 Å². The lowest BCUT2D eigenvalue weighted by Crippen LogP contribution is -2.07. The van der Waals surface area contributed by atoms with Crippen LogP contribution >= 0.6 is 0 Å². The third-order valence-corrected chi connectivity index (χ3v) is 0.631. The van der Waals surface area contributed by atoms with Crippen LogP contribution < -0.4 is 0 Å². The number of methoxy groups -OCH3 is 1. The second kappa shape index (κ2) is 1.93. The Morgan fingerprint density at radius 1 is 2.00 bits per heavy atom. The Kier molecular flexibility index (Phi) is 1.26. The number of hydrogen-bond acceptors (Lipinski definition) is 3. The Bertz CT molecular complexity index is 73.8. The predicted molar refractivity (Wildman–Crippen MR) is 23.6 cm³/mol. The highest BCUT2D eigenvalue weighted by Gasteiger charge is 2.10. The second-order valence-electron chi connectivity index (χ2n) is 1.07. The van der Waals surface area contributed by atoms with Gasteiger partial charge in [-0.2, -0.15) is 0 Å². The second-order valence-corrected chi connectivity index (χ2v) is 1.07. The largest absolute Gasteiger partial charge is 0.452 e. The fourth-order valence-electron chi connectivity index (χ4n) is 0.316. The van der Waals surface area contributed by atoms with E-state index in [4.69, 9.17) is 0 Å². The highest BCUT2D eigenvalue weighted by molar-refractivity contribution is 5.49. The van der Waals surface area contributed by atoms with Crippen molar-refractivity contribution in [1.82, 2.24) is 0 Å². The number of aliphatic imine (C=N–C) groups is 1. The van der Waals surface area contributed by atoms with Gasteiger partial charge in [0.2, 0.25) is 6.29 Å². The molecule has 0 N–H and O–H groups in total. The van der Waals surface area contributed by atoms with E-state index < -0.39 is 0 Å². The normalized spacial score (nSPS) is 27.9. The molecule has 1 unspecified atom stereocenters. The summed E-state index contributed by atoms with van der Waals surface area (Å²) >= 11 is 0. The molecule has 1 rings (SSSR count). The predicted octanol–water partition coefficient (Wildman–Crippen LogP) is 0.0562. The summed E-state index contributed by atoms with van der Waals surface area (Å²) in [6.45, 7) is 2.53. The molecule has 3 nitrogen and oxygen atoms in total. The van der Waals surface area contributed by atoms with E-state index in [1.54, 1.807) is 0 Å². The average molecular weight is 99.1 g/mol. The van der Waals surface area contributed by atoms with Crippen molar-refractivity contribution in [2.24, 2.45) is 4.99 Å². The molecule has 1 aliphatic heterocycles. The molecule has 0 saturated carbocycles. The molecule has 0 aromatic carbocycles. The molecule has 3 heteroatoms. The smallest absolute Gasteiger partial charge is 0.231 e. The highest BCUT2D eigenvalue weighted by atomic mass is 16.7. The van der Waals surface area contributed by atoms with Crippen molar-refractivity contribution in [2.75, 3.05) is 7.11 Å². The molecule has 1 aliphatic rings. The molecule has 1 atom stereocenters. The standard InChI is InChI=1S/C4H5NO2/c1-6-4-2-5-3-7-4/h3-4H,1H3. The Morgan fingerprint density at radius 2 is 2.86 bits per heavy atom. The summed E-state index contributed by atoms with van der Waals surface area (Å²) in [7, 11) is 1.53. The molecule has 2 radical (unpaired) electrons. The summed E-state index contributed by atoms with van der Waals surface area (Å²) in [5.41, 5.74) is 0. The van der Waals surface area contributed by atoms with Crippen LogP contribution in [0.5, 0.6) is 0 Å². The highest BCUT2D eigenvalue weighted by Crippen LogP contribution is 2.02. The maximum Gasteiger partial charge on any atom is 0.231 e. The lowest BCUT2D eigenvalue weighted by atomic mass is 10.7. The van der Waals surface area contributed by atoms with Gasteiger partial charge in [0.15, 0.2) is 12.9 Å². The minimum Gasteiger partial charge on any atom is -0.452 e. The SMILES string of the molecule is COC1[C]N=CO1. The summed E-state index contributed by atoms with van der Waals surface area (Å²) < 4.78 is 9.33. The van der Waals surface area contributed by atoms with Crippen LogP contribution in [0.15, 0.2) is 4.99 Å². The van der Waals surface area contributed by atoms with Gasteiger partial charge in [0.25, 0.3) is 0 Å². The van der Waals surface area contributed by atoms with E-state index in [0.29, 0.717) is 0 Å². The van der Waals surface area contributed by atoms with Crippen LogP contribution in [0.3, 0.4) is 0 Å². The van der Waals surface area contributed by atoms with Crippen molar-refractivity contribution in [1.29, 1.82) is 0 Å². The maximum atomic E-state index is 4.68. The van der Waals surface area contributed by atoms with Crippen LogP contribution in [0.4, 0.5) is 0 Å². The molecule has 0 bridgehead atoms. The van der Waals surface area contributed by atoms with Gasteiger partial charge in [-0.1, -0.05) is 0 Å². The van der Waals surface area contributed by atoms with E-state index in [0.717, 1.165) is 0 Å². The molecular formula is C4H5NO2. The quantitative estimate of drug-likeness (QED) is 0.465. The molecule has 7 heavy (non-hydrogen) atoms. The van der Waals surface area contributed by atoms with Crippen LogP contribution in [-0.4, -0.2) is 19.8 Å². The minimum atomic E-state index is -0.375. The zero-order valence-electron chi connectivity index (χ0n) is 3.92. The molecule has 0 aliphatic carbocycles. The number of rotatable bonds is 1. The lowest BCUT2D eigenvalue weighted by Gasteiger charge is -2.01. The zero-order chi connectivity index (χ0) is 5.11. The van der Waals surface area contributed by atoms with E-state index >= 15 is 0 Å². The lowest BCUT2D eigenvalue weighted by molar-refractivity contribution is -0.0223. The van der Waals surface area contributed by atoms with Gasteiger partial charge in [0, 0.05) is 7.11 Å². The molecule has 0 fully saturated rings. The van der Waals surface area contributed by atoms with Crippen LogP contribution in [-0.2, 0) is 9.47 Å². The van der Waals surface area contributed by atoms with E-state index in [1.807, 2.05) is 0 Å². The summed E-state index contributed by atoms with van der Waals surface area (Å²) in [6, 6.07) is 0. The molecule has 0 spiro atoms. The number of nitrogens with zero attached hydrogens (tertiary/aromatic N) is 1. The van der Waals surface area contributed by atoms with Gasteiger partial charge in [-0.05, 0) is 0 Å². The Hall–Kier alpha value is -0.570. The first-order valence-corrected chi connectivity index (χ1v) is 1.89. The van der Waals surface area contributed by atoms with Gasteiger partial charge in [-0.25, -0.2) is 4.99 Å². The third-order valence-electron chi connectivity index (χ3n) is 0.631. The first-order valence-electron chi connectivity index (χ1n) is 1.89. The fourth-order valence-corrected chi connectivity index (χ4v) is 0.316.